The van der Waals surface area contributed by atoms with Crippen molar-refractivity contribution in [3.63, 3.8) is 0 Å². The lowest BCUT2D eigenvalue weighted by Gasteiger charge is -2.21. The van der Waals surface area contributed by atoms with Gasteiger partial charge in [-0.3, -0.25) is 4.79 Å². The van der Waals surface area contributed by atoms with Gasteiger partial charge in [0.1, 0.15) is 18.7 Å². The zero-order valence-corrected chi connectivity index (χ0v) is 18.3. The van der Waals surface area contributed by atoms with Gasteiger partial charge in [-0.2, -0.15) is 0 Å². The Bertz CT molecular complexity index is 1020. The van der Waals surface area contributed by atoms with E-state index in [0.717, 1.165) is 35.1 Å². The van der Waals surface area contributed by atoms with Crippen LogP contribution in [0.4, 0.5) is 4.79 Å². The molecule has 1 fully saturated rings. The molecule has 4 rings (SSSR count). The van der Waals surface area contributed by atoms with Crippen LogP contribution in [0.2, 0.25) is 0 Å². The fraction of sp³-hybridized carbons (Fsp3) is 0.346. The number of ether oxygens (including phenoxy) is 1. The van der Waals surface area contributed by atoms with Gasteiger partial charge in [0.25, 0.3) is 0 Å². The molecule has 2 unspecified atom stereocenters. The second-order valence-corrected chi connectivity index (χ2v) is 8.55. The van der Waals surface area contributed by atoms with E-state index in [9.17, 15) is 19.5 Å². The summed E-state index contributed by atoms with van der Waals surface area (Å²) in [5.41, 5.74) is 4.46. The number of hydrogen-bond donors (Lipinski definition) is 3. The summed E-state index contributed by atoms with van der Waals surface area (Å²) in [7, 11) is 0. The van der Waals surface area contributed by atoms with E-state index < -0.39 is 30.1 Å². The largest absolute Gasteiger partial charge is 0.480 e. The van der Waals surface area contributed by atoms with E-state index >= 15 is 0 Å². The van der Waals surface area contributed by atoms with Gasteiger partial charge in [-0.25, -0.2) is 9.59 Å². The standard InChI is InChI=1S/C26H28N2O5/c1-2-3-12-22(24(29)28-23(25(30)31)16-13-14-16)27-26(32)33-15-21-19-10-6-4-8-17(19)18-9-5-7-11-20(18)21/h2,4-11,16,21-23H,1,3,12-15H2,(H,27,32)(H,28,29)(H,30,31). The first-order valence-corrected chi connectivity index (χ1v) is 11.2. The molecule has 3 N–H and O–H groups in total. The molecule has 0 saturated heterocycles. The summed E-state index contributed by atoms with van der Waals surface area (Å²) < 4.78 is 5.54. The molecule has 0 radical (unpaired) electrons. The quantitative estimate of drug-likeness (QED) is 0.479. The number of carbonyl (C=O) groups is 3. The van der Waals surface area contributed by atoms with Crippen molar-refractivity contribution in [3.8, 4) is 11.1 Å². The fourth-order valence-corrected chi connectivity index (χ4v) is 4.40. The van der Waals surface area contributed by atoms with E-state index in [1.165, 1.54) is 0 Å². The lowest BCUT2D eigenvalue weighted by molar-refractivity contribution is -0.142. The smallest absolute Gasteiger partial charge is 0.407 e. The lowest BCUT2D eigenvalue weighted by Crippen LogP contribution is -2.52. The molecule has 0 bridgehead atoms. The molecule has 0 aromatic heterocycles. The molecule has 0 spiro atoms. The molecular formula is C26H28N2O5. The summed E-state index contributed by atoms with van der Waals surface area (Å²) >= 11 is 0. The zero-order chi connectivity index (χ0) is 23.4. The Labute approximate surface area is 192 Å². The van der Waals surface area contributed by atoms with Crippen molar-refractivity contribution in [2.75, 3.05) is 6.61 Å². The number of amides is 2. The second-order valence-electron chi connectivity index (χ2n) is 8.55. The van der Waals surface area contributed by atoms with Gasteiger partial charge in [0, 0.05) is 5.92 Å². The van der Waals surface area contributed by atoms with Crippen molar-refractivity contribution < 1.29 is 24.2 Å². The monoisotopic (exact) mass is 448 g/mol. The first-order chi connectivity index (χ1) is 16.0. The van der Waals surface area contributed by atoms with Crippen LogP contribution in [0, 0.1) is 5.92 Å². The van der Waals surface area contributed by atoms with Gasteiger partial charge < -0.3 is 20.5 Å². The lowest BCUT2D eigenvalue weighted by atomic mass is 9.98. The van der Waals surface area contributed by atoms with Gasteiger partial charge in [0.05, 0.1) is 0 Å². The normalized spacial score (nSPS) is 16.1. The average molecular weight is 449 g/mol. The average Bonchev–Trinajstić information content (AvgIpc) is 3.61. The first kappa shape index (κ1) is 22.6. The third-order valence-electron chi connectivity index (χ3n) is 6.27. The Hall–Kier alpha value is -3.61. The molecule has 2 amide bonds. The molecule has 172 valence electrons. The van der Waals surface area contributed by atoms with E-state index in [4.69, 9.17) is 4.74 Å². The molecule has 2 atom stereocenters. The van der Waals surface area contributed by atoms with Crippen LogP contribution in [0.15, 0.2) is 61.2 Å². The summed E-state index contributed by atoms with van der Waals surface area (Å²) in [6.07, 6.45) is 3.27. The number of fused-ring (bicyclic) bond motifs is 3. The highest BCUT2D eigenvalue weighted by molar-refractivity contribution is 5.89. The van der Waals surface area contributed by atoms with Crippen LogP contribution in [0.5, 0.6) is 0 Å². The number of rotatable bonds is 10. The number of carbonyl (C=O) groups excluding carboxylic acids is 2. The minimum atomic E-state index is -1.06. The highest BCUT2D eigenvalue weighted by atomic mass is 16.5. The third-order valence-corrected chi connectivity index (χ3v) is 6.27. The Morgan fingerprint density at radius 2 is 1.64 bits per heavy atom. The Kier molecular flexibility index (Phi) is 6.77. The SMILES string of the molecule is C=CCCC(NC(=O)OCC1c2ccccc2-c2ccccc21)C(=O)NC(C(=O)O)C1CC1. The molecule has 7 heteroatoms. The van der Waals surface area contributed by atoms with E-state index in [-0.39, 0.29) is 18.4 Å². The van der Waals surface area contributed by atoms with Gasteiger partial charge in [0.2, 0.25) is 5.91 Å². The molecular weight excluding hydrogens is 420 g/mol. The molecule has 2 aromatic rings. The van der Waals surface area contributed by atoms with E-state index in [0.29, 0.717) is 12.8 Å². The minimum Gasteiger partial charge on any atom is -0.480 e. The van der Waals surface area contributed by atoms with Gasteiger partial charge in [-0.1, -0.05) is 54.6 Å². The van der Waals surface area contributed by atoms with Crippen molar-refractivity contribution in [1.29, 1.82) is 0 Å². The summed E-state index contributed by atoms with van der Waals surface area (Å²) in [4.78, 5) is 36.8. The Morgan fingerprint density at radius 3 is 2.18 bits per heavy atom. The van der Waals surface area contributed by atoms with Crippen LogP contribution >= 0.6 is 0 Å². The summed E-state index contributed by atoms with van der Waals surface area (Å²) in [5, 5.41) is 14.6. The predicted molar refractivity (Wildman–Crippen MR) is 124 cm³/mol. The number of aliphatic carboxylic acids is 1. The Morgan fingerprint density at radius 1 is 1.03 bits per heavy atom. The predicted octanol–water partition coefficient (Wildman–Crippen LogP) is 3.84. The maximum absolute atomic E-state index is 12.7. The summed E-state index contributed by atoms with van der Waals surface area (Å²) in [6.45, 7) is 3.79. The number of carboxylic acid groups (broad SMARTS) is 1. The fourth-order valence-electron chi connectivity index (χ4n) is 4.40. The van der Waals surface area contributed by atoms with Crippen LogP contribution in [0.1, 0.15) is 42.7 Å². The number of hydrogen-bond acceptors (Lipinski definition) is 4. The molecule has 0 aliphatic heterocycles. The summed E-state index contributed by atoms with van der Waals surface area (Å²) in [6, 6.07) is 14.2. The van der Waals surface area contributed by atoms with Gasteiger partial charge in [-0.05, 0) is 53.9 Å². The van der Waals surface area contributed by atoms with Crippen molar-refractivity contribution in [2.24, 2.45) is 5.92 Å². The zero-order valence-electron chi connectivity index (χ0n) is 18.3. The van der Waals surface area contributed by atoms with Crippen molar-refractivity contribution in [1.82, 2.24) is 10.6 Å². The van der Waals surface area contributed by atoms with Gasteiger partial charge >= 0.3 is 12.1 Å². The second kappa shape index (κ2) is 9.90. The topological polar surface area (TPSA) is 105 Å². The minimum absolute atomic E-state index is 0.0547. The van der Waals surface area contributed by atoms with E-state index in [2.05, 4.69) is 29.3 Å². The van der Waals surface area contributed by atoms with Crippen LogP contribution < -0.4 is 10.6 Å². The molecule has 0 heterocycles. The number of carboxylic acids is 1. The number of nitrogens with one attached hydrogen (secondary N) is 2. The van der Waals surface area contributed by atoms with Crippen molar-refractivity contribution in [3.05, 3.63) is 72.3 Å². The highest BCUT2D eigenvalue weighted by Crippen LogP contribution is 2.44. The maximum Gasteiger partial charge on any atom is 0.407 e. The third kappa shape index (κ3) is 5.08. The Balaban J connectivity index is 1.40. The van der Waals surface area contributed by atoms with E-state index in [1.807, 2.05) is 36.4 Å². The summed E-state index contributed by atoms with van der Waals surface area (Å²) in [5.74, 6) is -1.73. The van der Waals surface area contributed by atoms with Gasteiger partial charge in [-0.15, -0.1) is 6.58 Å². The number of alkyl carbamates (subject to hydrolysis) is 1. The first-order valence-electron chi connectivity index (χ1n) is 11.2. The van der Waals surface area contributed by atoms with Crippen LogP contribution in [0.3, 0.4) is 0 Å². The number of allylic oxidation sites excluding steroid dienone is 1. The van der Waals surface area contributed by atoms with Crippen LogP contribution in [-0.2, 0) is 14.3 Å². The maximum atomic E-state index is 12.7. The molecule has 33 heavy (non-hydrogen) atoms. The van der Waals surface area contributed by atoms with Gasteiger partial charge in [0.15, 0.2) is 0 Å². The van der Waals surface area contributed by atoms with Crippen molar-refractivity contribution >= 4 is 18.0 Å². The highest BCUT2D eigenvalue weighted by Gasteiger charge is 2.38. The molecule has 1 saturated carbocycles. The van der Waals surface area contributed by atoms with E-state index in [1.54, 1.807) is 6.08 Å². The van der Waals surface area contributed by atoms with Crippen LogP contribution in [-0.4, -0.2) is 41.8 Å². The molecule has 2 aromatic carbocycles. The van der Waals surface area contributed by atoms with Crippen LogP contribution in [0.25, 0.3) is 11.1 Å². The molecule has 2 aliphatic rings. The van der Waals surface area contributed by atoms with Crippen molar-refractivity contribution in [2.45, 2.75) is 43.7 Å². The number of benzene rings is 2. The molecule has 7 nitrogen and oxygen atoms in total. The molecule has 2 aliphatic carbocycles.